The molecule has 9 nitrogen and oxygen atoms in total. The standard InChI is InChI=1S/C35H45BN3O6/c1-33(2,3)44-32(40)39-17-20(18-42-8)13-28(39)31-37-27-12-9-21-15-26-24-11-10-23(36-45-35(6,7)34(4,5)41)14-22(24)19-43-29(26)16-25(21)30(27)38-31/h10-11,14-16,20,28,41H,9,12-13,17-19H2,1-8H3,(H,37,38)/t20-,28-/m0/s1. The molecule has 6 rings (SSSR count). The van der Waals surface area contributed by atoms with Crippen molar-refractivity contribution in [2.75, 3.05) is 20.3 Å². The molecule has 2 atom stereocenters. The second kappa shape index (κ2) is 11.5. The van der Waals surface area contributed by atoms with Crippen molar-refractivity contribution in [3.63, 3.8) is 0 Å². The number of hydrogen-bond donors (Lipinski definition) is 2. The first-order valence-corrected chi connectivity index (χ1v) is 15.9. The summed E-state index contributed by atoms with van der Waals surface area (Å²) in [6.45, 7) is 14.5. The van der Waals surface area contributed by atoms with Gasteiger partial charge in [0.1, 0.15) is 23.8 Å². The highest BCUT2D eigenvalue weighted by atomic mass is 16.6. The third-order valence-electron chi connectivity index (χ3n) is 9.40. The fraction of sp³-hybridized carbons (Fsp3) is 0.543. The van der Waals surface area contributed by atoms with E-state index in [9.17, 15) is 9.90 Å². The first-order valence-electron chi connectivity index (χ1n) is 15.9. The smallest absolute Gasteiger partial charge is 0.410 e. The number of imidazole rings is 1. The summed E-state index contributed by atoms with van der Waals surface area (Å²) in [6.07, 6.45) is 2.15. The predicted octanol–water partition coefficient (Wildman–Crippen LogP) is 5.49. The van der Waals surface area contributed by atoms with Crippen LogP contribution in [-0.4, -0.2) is 70.6 Å². The number of hydrogen-bond acceptors (Lipinski definition) is 7. The van der Waals surface area contributed by atoms with Crippen LogP contribution in [-0.2, 0) is 33.6 Å². The minimum Gasteiger partial charge on any atom is -0.488 e. The number of aromatic amines is 1. The normalized spacial score (nSPS) is 19.3. The zero-order valence-electron chi connectivity index (χ0n) is 27.7. The molecular weight excluding hydrogens is 569 g/mol. The Kier molecular flexibility index (Phi) is 8.07. The lowest BCUT2D eigenvalue weighted by molar-refractivity contribution is -0.0893. The lowest BCUT2D eigenvalue weighted by Crippen LogP contribution is -2.49. The molecule has 1 amide bonds. The first kappa shape index (κ1) is 31.6. The van der Waals surface area contributed by atoms with Gasteiger partial charge in [-0.05, 0) is 96.6 Å². The van der Waals surface area contributed by atoms with Crippen LogP contribution in [0.2, 0.25) is 0 Å². The minimum atomic E-state index is -0.991. The van der Waals surface area contributed by atoms with Crippen molar-refractivity contribution in [2.24, 2.45) is 5.92 Å². The van der Waals surface area contributed by atoms with E-state index in [-0.39, 0.29) is 18.1 Å². The van der Waals surface area contributed by atoms with E-state index < -0.39 is 16.8 Å². The molecule has 3 aromatic rings. The molecule has 3 heterocycles. The predicted molar refractivity (Wildman–Crippen MR) is 174 cm³/mol. The summed E-state index contributed by atoms with van der Waals surface area (Å²) >= 11 is 0. The quantitative estimate of drug-likeness (QED) is 0.339. The number of carbonyl (C=O) groups excluding carboxylic acids is 1. The molecule has 2 aromatic carbocycles. The zero-order valence-corrected chi connectivity index (χ0v) is 27.7. The number of nitrogens with one attached hydrogen (secondary N) is 1. The van der Waals surface area contributed by atoms with Crippen LogP contribution in [0.5, 0.6) is 5.75 Å². The van der Waals surface area contributed by atoms with Gasteiger partial charge in [-0.1, -0.05) is 23.7 Å². The maximum atomic E-state index is 13.2. The van der Waals surface area contributed by atoms with E-state index in [1.165, 1.54) is 5.56 Å². The topological polar surface area (TPSA) is 106 Å². The summed E-state index contributed by atoms with van der Waals surface area (Å²) in [5.74, 6) is 1.84. The molecule has 2 aliphatic heterocycles. The van der Waals surface area contributed by atoms with E-state index in [1.807, 2.05) is 40.7 Å². The average Bonchev–Trinajstić information content (AvgIpc) is 3.58. The second-order valence-corrected chi connectivity index (χ2v) is 14.7. The van der Waals surface area contributed by atoms with Gasteiger partial charge in [0, 0.05) is 36.4 Å². The van der Waals surface area contributed by atoms with E-state index in [4.69, 9.17) is 23.8 Å². The molecule has 0 saturated carbocycles. The largest absolute Gasteiger partial charge is 0.488 e. The average molecular weight is 615 g/mol. The summed E-state index contributed by atoms with van der Waals surface area (Å²) in [6, 6.07) is 10.4. The van der Waals surface area contributed by atoms with Crippen molar-refractivity contribution in [2.45, 2.75) is 97.2 Å². The van der Waals surface area contributed by atoms with E-state index in [1.54, 1.807) is 33.3 Å². The minimum absolute atomic E-state index is 0.208. The first-order chi connectivity index (χ1) is 21.1. The molecule has 239 valence electrons. The van der Waals surface area contributed by atoms with Gasteiger partial charge in [0.15, 0.2) is 0 Å². The molecule has 0 spiro atoms. The van der Waals surface area contributed by atoms with Gasteiger partial charge in [-0.2, -0.15) is 0 Å². The van der Waals surface area contributed by atoms with Gasteiger partial charge < -0.3 is 29.0 Å². The van der Waals surface area contributed by atoms with Gasteiger partial charge in [-0.3, -0.25) is 4.90 Å². The fourth-order valence-corrected chi connectivity index (χ4v) is 6.28. The third-order valence-corrected chi connectivity index (χ3v) is 9.40. The Bertz CT molecular complexity index is 1600. The molecular formula is C35H45BN3O6. The molecule has 45 heavy (non-hydrogen) atoms. The number of ether oxygens (including phenoxy) is 3. The van der Waals surface area contributed by atoms with Crippen LogP contribution in [0.3, 0.4) is 0 Å². The lowest BCUT2D eigenvalue weighted by Gasteiger charge is -2.37. The van der Waals surface area contributed by atoms with Crippen LogP contribution in [0.4, 0.5) is 4.79 Å². The maximum Gasteiger partial charge on any atom is 0.410 e. The van der Waals surface area contributed by atoms with Gasteiger partial charge in [0.2, 0.25) is 0 Å². The fourth-order valence-electron chi connectivity index (χ4n) is 6.28. The number of methoxy groups -OCH3 is 1. The highest BCUT2D eigenvalue weighted by molar-refractivity contribution is 6.47. The zero-order chi connectivity index (χ0) is 32.3. The summed E-state index contributed by atoms with van der Waals surface area (Å²) in [4.78, 5) is 23.7. The Morgan fingerprint density at radius 2 is 1.84 bits per heavy atom. The number of aromatic nitrogens is 2. The summed E-state index contributed by atoms with van der Waals surface area (Å²) in [7, 11) is 3.41. The van der Waals surface area contributed by atoms with Crippen LogP contribution in [0.15, 0.2) is 30.3 Å². The summed E-state index contributed by atoms with van der Waals surface area (Å²) in [5, 5.41) is 10.4. The van der Waals surface area contributed by atoms with Gasteiger partial charge in [-0.15, -0.1) is 0 Å². The number of nitrogens with zero attached hydrogens (tertiary/aromatic N) is 2. The Labute approximate surface area is 266 Å². The number of rotatable bonds is 7. The highest BCUT2D eigenvalue weighted by Gasteiger charge is 2.41. The highest BCUT2D eigenvalue weighted by Crippen LogP contribution is 2.45. The molecule has 1 aliphatic carbocycles. The number of carbonyl (C=O) groups is 1. The third kappa shape index (κ3) is 6.24. The second-order valence-electron chi connectivity index (χ2n) is 14.7. The number of likely N-dealkylation sites (tertiary alicyclic amines) is 1. The van der Waals surface area contributed by atoms with Crippen LogP contribution < -0.4 is 10.2 Å². The van der Waals surface area contributed by atoms with E-state index in [0.717, 1.165) is 69.9 Å². The number of fused-ring (bicyclic) bond motifs is 6. The number of H-pyrrole nitrogens is 1. The Morgan fingerprint density at radius 1 is 1.07 bits per heavy atom. The van der Waals surface area contributed by atoms with E-state index >= 15 is 0 Å². The maximum absolute atomic E-state index is 13.2. The SMILES string of the molecule is COC[C@H]1C[C@@H](c2nc3c([nH]2)CCc2cc4c(cc2-3)OCc2cc([B]OC(C)(C)C(C)(C)O)ccc2-4)N(C(=O)OC(C)(C)C)C1. The summed E-state index contributed by atoms with van der Waals surface area (Å²) in [5.41, 5.74) is 6.24. The lowest BCUT2D eigenvalue weighted by atomic mass is 9.80. The van der Waals surface area contributed by atoms with Crippen LogP contribution >= 0.6 is 0 Å². The molecule has 1 aromatic heterocycles. The molecule has 0 bridgehead atoms. The molecule has 0 unspecified atom stereocenters. The van der Waals surface area contributed by atoms with Crippen molar-refractivity contribution >= 4 is 19.0 Å². The Hall–Kier alpha value is -3.34. The van der Waals surface area contributed by atoms with Crippen molar-refractivity contribution in [3.8, 4) is 28.1 Å². The van der Waals surface area contributed by atoms with Gasteiger partial charge >= 0.3 is 13.6 Å². The van der Waals surface area contributed by atoms with Crippen LogP contribution in [0, 0.1) is 5.92 Å². The van der Waals surface area contributed by atoms with E-state index in [2.05, 4.69) is 29.2 Å². The van der Waals surface area contributed by atoms with Crippen molar-refractivity contribution in [1.29, 1.82) is 0 Å². The molecule has 3 aliphatic rings. The van der Waals surface area contributed by atoms with Crippen LogP contribution in [0.25, 0.3) is 22.4 Å². The summed E-state index contributed by atoms with van der Waals surface area (Å²) < 4.78 is 23.5. The van der Waals surface area contributed by atoms with Crippen molar-refractivity contribution in [3.05, 3.63) is 53.0 Å². The molecule has 1 fully saturated rings. The van der Waals surface area contributed by atoms with Gasteiger partial charge in [-0.25, -0.2) is 9.78 Å². The van der Waals surface area contributed by atoms with E-state index in [0.29, 0.717) is 19.8 Å². The number of aryl methyl sites for hydroxylation is 2. The van der Waals surface area contributed by atoms with Crippen molar-refractivity contribution < 1.29 is 28.8 Å². The molecule has 10 heteroatoms. The molecule has 1 radical (unpaired) electrons. The Balaban J connectivity index is 1.26. The molecule has 1 saturated heterocycles. The number of amides is 1. The van der Waals surface area contributed by atoms with Gasteiger partial charge in [0.25, 0.3) is 0 Å². The Morgan fingerprint density at radius 3 is 2.56 bits per heavy atom. The number of benzene rings is 2. The van der Waals surface area contributed by atoms with Gasteiger partial charge in [0.05, 0.1) is 29.5 Å². The molecule has 2 N–H and O–H groups in total. The van der Waals surface area contributed by atoms with Crippen LogP contribution in [0.1, 0.15) is 83.6 Å². The number of aliphatic hydroxyl groups is 1. The van der Waals surface area contributed by atoms with Crippen molar-refractivity contribution in [1.82, 2.24) is 14.9 Å². The monoisotopic (exact) mass is 614 g/mol.